The lowest BCUT2D eigenvalue weighted by Crippen LogP contribution is -2.16. The van der Waals surface area contributed by atoms with E-state index in [-0.39, 0.29) is 11.3 Å². The van der Waals surface area contributed by atoms with E-state index in [9.17, 15) is 14.9 Å². The van der Waals surface area contributed by atoms with Gasteiger partial charge in [-0.3, -0.25) is 19.9 Å². The monoisotopic (exact) mass is 367 g/mol. The molecule has 0 aliphatic rings. The first-order valence-electron chi connectivity index (χ1n) is 7.69. The summed E-state index contributed by atoms with van der Waals surface area (Å²) >= 11 is 5.92. The zero-order chi connectivity index (χ0) is 18.8. The number of amides is 1. The van der Waals surface area contributed by atoms with Gasteiger partial charge in [0.15, 0.2) is 0 Å². The molecule has 3 aromatic rings. The van der Waals surface area contributed by atoms with Gasteiger partial charge in [-0.15, -0.1) is 0 Å². The molecule has 6 nitrogen and oxygen atoms in total. The van der Waals surface area contributed by atoms with E-state index in [0.717, 1.165) is 5.56 Å². The van der Waals surface area contributed by atoms with Gasteiger partial charge >= 0.3 is 0 Å². The predicted molar refractivity (Wildman–Crippen MR) is 100 cm³/mol. The summed E-state index contributed by atoms with van der Waals surface area (Å²) in [6, 6.07) is 14.9. The average Bonchev–Trinajstić information content (AvgIpc) is 2.61. The van der Waals surface area contributed by atoms with Crippen molar-refractivity contribution in [2.24, 2.45) is 5.73 Å². The Bertz CT molecular complexity index is 1020. The van der Waals surface area contributed by atoms with E-state index in [1.54, 1.807) is 55.5 Å². The summed E-state index contributed by atoms with van der Waals surface area (Å²) in [5.74, 6) is -0.689. The van der Waals surface area contributed by atoms with E-state index < -0.39 is 10.8 Å². The largest absolute Gasteiger partial charge is 0.366 e. The van der Waals surface area contributed by atoms with Gasteiger partial charge in [-0.2, -0.15) is 0 Å². The highest BCUT2D eigenvalue weighted by Gasteiger charge is 2.22. The number of nitrogens with zero attached hydrogens (tertiary/aromatic N) is 2. The Morgan fingerprint density at radius 3 is 2.38 bits per heavy atom. The first kappa shape index (κ1) is 17.6. The van der Waals surface area contributed by atoms with E-state index in [0.29, 0.717) is 27.5 Å². The molecule has 2 N–H and O–H groups in total. The summed E-state index contributed by atoms with van der Waals surface area (Å²) in [5.41, 5.74) is 8.01. The van der Waals surface area contributed by atoms with E-state index >= 15 is 0 Å². The number of nitro benzene ring substituents is 1. The van der Waals surface area contributed by atoms with E-state index in [4.69, 9.17) is 17.3 Å². The van der Waals surface area contributed by atoms with Crippen molar-refractivity contribution >= 4 is 23.2 Å². The fourth-order valence-electron chi connectivity index (χ4n) is 2.83. The molecule has 130 valence electrons. The summed E-state index contributed by atoms with van der Waals surface area (Å²) in [4.78, 5) is 27.4. The molecule has 0 unspecified atom stereocenters. The molecule has 0 aliphatic heterocycles. The van der Waals surface area contributed by atoms with Crippen LogP contribution in [-0.4, -0.2) is 15.8 Å². The number of halogens is 1. The smallest absolute Gasteiger partial charge is 0.277 e. The zero-order valence-electron chi connectivity index (χ0n) is 13.8. The van der Waals surface area contributed by atoms with Gasteiger partial charge in [-0.05, 0) is 31.2 Å². The van der Waals surface area contributed by atoms with Crippen molar-refractivity contribution in [1.82, 2.24) is 4.98 Å². The third-order valence-electron chi connectivity index (χ3n) is 3.98. The Hall–Kier alpha value is -3.25. The molecular weight excluding hydrogens is 354 g/mol. The normalized spacial score (nSPS) is 10.5. The fraction of sp³-hybridized carbons (Fsp3) is 0.0526. The minimum atomic E-state index is -0.689. The number of benzene rings is 2. The highest BCUT2D eigenvalue weighted by Crippen LogP contribution is 2.35. The standard InChI is InChI=1S/C19H14ClN3O3/c1-11-18(19(21)24)15(14-4-2-3-5-17(14)23(25)26)10-16(22-11)12-6-8-13(20)9-7-12/h2-10H,1H3,(H2,21,24). The number of nitro groups is 1. The van der Waals surface area contributed by atoms with Crippen molar-refractivity contribution in [3.8, 4) is 22.4 Å². The molecular formula is C19H14ClN3O3. The lowest BCUT2D eigenvalue weighted by Gasteiger charge is -2.13. The van der Waals surface area contributed by atoms with Crippen molar-refractivity contribution < 1.29 is 9.72 Å². The SMILES string of the molecule is Cc1nc(-c2ccc(Cl)cc2)cc(-c2ccccc2[N+](=O)[O-])c1C(N)=O. The second kappa shape index (κ2) is 6.93. The Morgan fingerprint density at radius 2 is 1.77 bits per heavy atom. The number of primary amides is 1. The molecule has 0 spiro atoms. The first-order chi connectivity index (χ1) is 12.4. The topological polar surface area (TPSA) is 99.1 Å². The second-order valence-electron chi connectivity index (χ2n) is 5.66. The first-order valence-corrected chi connectivity index (χ1v) is 8.07. The van der Waals surface area contributed by atoms with Crippen molar-refractivity contribution in [3.63, 3.8) is 0 Å². The van der Waals surface area contributed by atoms with Crippen LogP contribution in [0.25, 0.3) is 22.4 Å². The number of aromatic nitrogens is 1. The maximum absolute atomic E-state index is 12.0. The molecule has 0 bridgehead atoms. The van der Waals surface area contributed by atoms with Gasteiger partial charge < -0.3 is 5.73 Å². The molecule has 1 amide bonds. The molecule has 0 aliphatic carbocycles. The van der Waals surface area contributed by atoms with E-state index in [1.165, 1.54) is 6.07 Å². The van der Waals surface area contributed by atoms with Crippen LogP contribution in [0, 0.1) is 17.0 Å². The third-order valence-corrected chi connectivity index (χ3v) is 4.23. The molecule has 26 heavy (non-hydrogen) atoms. The molecule has 2 aromatic carbocycles. The van der Waals surface area contributed by atoms with E-state index in [2.05, 4.69) is 4.98 Å². The van der Waals surface area contributed by atoms with Gasteiger partial charge in [0.05, 0.1) is 27.4 Å². The Labute approximate surface area is 154 Å². The van der Waals surface area contributed by atoms with Crippen LogP contribution in [0.15, 0.2) is 54.6 Å². The van der Waals surface area contributed by atoms with Crippen molar-refractivity contribution in [3.05, 3.63) is 81.0 Å². The average molecular weight is 368 g/mol. The van der Waals surface area contributed by atoms with Gasteiger partial charge in [-0.1, -0.05) is 35.9 Å². The van der Waals surface area contributed by atoms with E-state index in [1.807, 2.05) is 0 Å². The highest BCUT2D eigenvalue weighted by atomic mass is 35.5. The van der Waals surface area contributed by atoms with Crippen LogP contribution in [0.4, 0.5) is 5.69 Å². The van der Waals surface area contributed by atoms with Crippen LogP contribution in [0.5, 0.6) is 0 Å². The number of rotatable bonds is 4. The van der Waals surface area contributed by atoms with Crippen molar-refractivity contribution in [2.45, 2.75) is 6.92 Å². The number of para-hydroxylation sites is 1. The predicted octanol–water partition coefficient (Wildman–Crippen LogP) is 4.38. The van der Waals surface area contributed by atoms with Crippen LogP contribution in [0.2, 0.25) is 5.02 Å². The lowest BCUT2D eigenvalue weighted by atomic mass is 9.95. The molecule has 1 aromatic heterocycles. The molecule has 0 atom stereocenters. The number of aryl methyl sites for hydroxylation is 1. The minimum Gasteiger partial charge on any atom is -0.366 e. The van der Waals surface area contributed by atoms with Gasteiger partial charge in [0.2, 0.25) is 0 Å². The van der Waals surface area contributed by atoms with Crippen LogP contribution < -0.4 is 5.73 Å². The Kier molecular flexibility index (Phi) is 4.69. The van der Waals surface area contributed by atoms with Gasteiger partial charge in [0.25, 0.3) is 11.6 Å². The van der Waals surface area contributed by atoms with Crippen molar-refractivity contribution in [1.29, 1.82) is 0 Å². The summed E-state index contributed by atoms with van der Waals surface area (Å²) in [6.07, 6.45) is 0. The summed E-state index contributed by atoms with van der Waals surface area (Å²) in [6.45, 7) is 1.65. The van der Waals surface area contributed by atoms with Gasteiger partial charge in [0, 0.05) is 22.2 Å². The lowest BCUT2D eigenvalue weighted by molar-refractivity contribution is -0.384. The molecule has 0 radical (unpaired) electrons. The summed E-state index contributed by atoms with van der Waals surface area (Å²) in [7, 11) is 0. The van der Waals surface area contributed by atoms with Crippen molar-refractivity contribution in [2.75, 3.05) is 0 Å². The van der Waals surface area contributed by atoms with Crippen LogP contribution >= 0.6 is 11.6 Å². The molecule has 3 rings (SSSR count). The van der Waals surface area contributed by atoms with Crippen LogP contribution in [-0.2, 0) is 0 Å². The number of carbonyl (C=O) groups is 1. The minimum absolute atomic E-state index is 0.109. The number of pyridine rings is 1. The zero-order valence-corrected chi connectivity index (χ0v) is 14.5. The molecule has 1 heterocycles. The number of hydrogen-bond donors (Lipinski definition) is 1. The number of carbonyl (C=O) groups excluding carboxylic acids is 1. The molecule has 0 fully saturated rings. The molecule has 7 heteroatoms. The van der Waals surface area contributed by atoms with Gasteiger partial charge in [0.1, 0.15) is 0 Å². The second-order valence-corrected chi connectivity index (χ2v) is 6.10. The summed E-state index contributed by atoms with van der Waals surface area (Å²) in [5, 5.41) is 12.0. The Morgan fingerprint density at radius 1 is 1.12 bits per heavy atom. The third kappa shape index (κ3) is 3.27. The molecule has 0 saturated carbocycles. The number of hydrogen-bond acceptors (Lipinski definition) is 4. The maximum atomic E-state index is 12.0. The van der Waals surface area contributed by atoms with Crippen LogP contribution in [0.3, 0.4) is 0 Å². The molecule has 0 saturated heterocycles. The summed E-state index contributed by atoms with van der Waals surface area (Å²) < 4.78 is 0. The van der Waals surface area contributed by atoms with Gasteiger partial charge in [-0.25, -0.2) is 0 Å². The maximum Gasteiger partial charge on any atom is 0.277 e. The fourth-order valence-corrected chi connectivity index (χ4v) is 2.95. The quantitative estimate of drug-likeness (QED) is 0.546. The Balaban J connectivity index is 2.31. The number of nitrogens with two attached hydrogens (primary N) is 1. The highest BCUT2D eigenvalue weighted by molar-refractivity contribution is 6.30. The van der Waals surface area contributed by atoms with Crippen LogP contribution in [0.1, 0.15) is 16.1 Å².